The number of nitrogens with zero attached hydrogens (tertiary/aromatic N) is 3. The molecule has 0 fully saturated rings. The van der Waals surface area contributed by atoms with E-state index in [0.717, 1.165) is 5.56 Å². The van der Waals surface area contributed by atoms with Gasteiger partial charge in [-0.05, 0) is 12.5 Å². The Morgan fingerprint density at radius 2 is 1.77 bits per heavy atom. The van der Waals surface area contributed by atoms with Gasteiger partial charge in [-0.15, -0.1) is 0 Å². The largest absolute Gasteiger partial charge is 0.289 e. The normalized spacial score (nSPS) is 20.9. The van der Waals surface area contributed by atoms with Gasteiger partial charge in [-0.3, -0.25) is 19.9 Å². The van der Waals surface area contributed by atoms with Gasteiger partial charge in [0, 0.05) is 40.5 Å². The third kappa shape index (κ3) is 2.18. The first-order chi connectivity index (χ1) is 12.5. The Bertz CT molecular complexity index is 1060. The van der Waals surface area contributed by atoms with Gasteiger partial charge in [-0.2, -0.15) is 5.26 Å². The maximum Gasteiger partial charge on any atom is 0.269 e. The van der Waals surface area contributed by atoms with Gasteiger partial charge in [0.25, 0.3) is 5.69 Å². The van der Waals surface area contributed by atoms with Crippen LogP contribution >= 0.6 is 0 Å². The Hall–Kier alpha value is -3.59. The number of aliphatic imine (C=N–C) groups is 1. The van der Waals surface area contributed by atoms with Crippen LogP contribution in [0.4, 0.5) is 5.69 Å². The zero-order valence-corrected chi connectivity index (χ0v) is 13.8. The van der Waals surface area contributed by atoms with Crippen LogP contribution in [-0.2, 0) is 0 Å². The molecule has 2 aliphatic rings. The molecule has 26 heavy (non-hydrogen) atoms. The maximum atomic E-state index is 13.0. The average molecular weight is 343 g/mol. The summed E-state index contributed by atoms with van der Waals surface area (Å²) in [5.41, 5.74) is 3.77. The lowest BCUT2D eigenvalue weighted by atomic mass is 9.76. The number of allylic oxidation sites excluding steroid dienone is 1. The second-order valence-electron chi connectivity index (χ2n) is 6.32. The molecule has 4 rings (SSSR count). The van der Waals surface area contributed by atoms with E-state index in [-0.39, 0.29) is 11.5 Å². The van der Waals surface area contributed by atoms with Crippen molar-refractivity contribution < 1.29 is 9.72 Å². The molecule has 1 heterocycles. The highest BCUT2D eigenvalue weighted by atomic mass is 16.6. The van der Waals surface area contributed by atoms with Gasteiger partial charge >= 0.3 is 0 Å². The lowest BCUT2D eigenvalue weighted by Crippen LogP contribution is -2.26. The standard InChI is InChI=1S/C20H13N3O3/c1-11-16(10-21)17(12-6-8-13(9-7-12)23(25)26)18-19(22-11)14-4-2-3-5-15(14)20(18)24/h2-9,16-17H,1H3/t16?,17-/m0/s1. The van der Waals surface area contributed by atoms with E-state index >= 15 is 0 Å². The van der Waals surface area contributed by atoms with Crippen molar-refractivity contribution >= 4 is 22.9 Å². The quantitative estimate of drug-likeness (QED) is 0.610. The Balaban J connectivity index is 1.90. The molecule has 0 amide bonds. The lowest BCUT2D eigenvalue weighted by molar-refractivity contribution is -0.384. The van der Waals surface area contributed by atoms with E-state index in [9.17, 15) is 20.2 Å². The molecule has 0 spiro atoms. The molecular weight excluding hydrogens is 330 g/mol. The summed E-state index contributed by atoms with van der Waals surface area (Å²) in [4.78, 5) is 28.0. The first kappa shape index (κ1) is 15.9. The topological polar surface area (TPSA) is 96.4 Å². The first-order valence-corrected chi connectivity index (χ1v) is 8.10. The van der Waals surface area contributed by atoms with Crippen LogP contribution in [0, 0.1) is 27.4 Å². The maximum absolute atomic E-state index is 13.0. The summed E-state index contributed by atoms with van der Waals surface area (Å²) in [6, 6.07) is 15.5. The van der Waals surface area contributed by atoms with Crippen molar-refractivity contribution in [1.29, 1.82) is 5.26 Å². The van der Waals surface area contributed by atoms with Crippen molar-refractivity contribution in [3.63, 3.8) is 0 Å². The summed E-state index contributed by atoms with van der Waals surface area (Å²) in [6.45, 7) is 1.78. The van der Waals surface area contributed by atoms with Gasteiger partial charge < -0.3 is 0 Å². The van der Waals surface area contributed by atoms with Crippen LogP contribution in [0.15, 0.2) is 59.1 Å². The Labute approximate surface area is 149 Å². The van der Waals surface area contributed by atoms with E-state index < -0.39 is 16.8 Å². The lowest BCUT2D eigenvalue weighted by Gasteiger charge is -2.27. The molecule has 1 aliphatic carbocycles. The zero-order valence-electron chi connectivity index (χ0n) is 13.8. The SMILES string of the molecule is CC1=NC2=C(C(=O)c3ccccc32)[C@@H](c2ccc([N+](=O)[O-])cc2)C1C#N. The van der Waals surface area contributed by atoms with E-state index in [1.54, 1.807) is 31.2 Å². The van der Waals surface area contributed by atoms with Crippen molar-refractivity contribution in [3.05, 3.63) is 80.9 Å². The summed E-state index contributed by atoms with van der Waals surface area (Å²) < 4.78 is 0. The number of Topliss-reactive ketones (excluding diaryl/α,β-unsaturated/α-hetero) is 1. The van der Waals surface area contributed by atoms with Crippen LogP contribution in [0.5, 0.6) is 0 Å². The van der Waals surface area contributed by atoms with Crippen LogP contribution in [-0.4, -0.2) is 16.4 Å². The minimum absolute atomic E-state index is 0.0290. The number of carbonyl (C=O) groups is 1. The number of non-ortho nitro benzene ring substituents is 1. The second kappa shape index (κ2) is 5.74. The molecule has 6 heteroatoms. The number of nitro benzene ring substituents is 1. The van der Waals surface area contributed by atoms with E-state index in [2.05, 4.69) is 11.1 Å². The van der Waals surface area contributed by atoms with Gasteiger partial charge in [-0.1, -0.05) is 36.4 Å². The number of fused-ring (bicyclic) bond motifs is 2. The third-order valence-corrected chi connectivity index (χ3v) is 4.91. The second-order valence-corrected chi connectivity index (χ2v) is 6.32. The number of benzene rings is 2. The number of hydrogen-bond donors (Lipinski definition) is 0. The van der Waals surface area contributed by atoms with Gasteiger partial charge in [0.15, 0.2) is 5.78 Å². The summed E-state index contributed by atoms with van der Waals surface area (Å²) >= 11 is 0. The number of ketones is 1. The summed E-state index contributed by atoms with van der Waals surface area (Å²) in [5.74, 6) is -1.21. The number of carbonyl (C=O) groups excluding carboxylic acids is 1. The van der Waals surface area contributed by atoms with E-state index in [1.165, 1.54) is 12.1 Å². The zero-order chi connectivity index (χ0) is 18.4. The Morgan fingerprint density at radius 1 is 1.12 bits per heavy atom. The number of hydrogen-bond acceptors (Lipinski definition) is 5. The number of nitro groups is 1. The van der Waals surface area contributed by atoms with Gasteiger partial charge in [0.05, 0.1) is 22.6 Å². The molecule has 0 saturated heterocycles. The van der Waals surface area contributed by atoms with E-state index in [1.807, 2.05) is 12.1 Å². The van der Waals surface area contributed by atoms with Crippen LogP contribution in [0.25, 0.3) is 5.70 Å². The molecule has 0 N–H and O–H groups in total. The molecule has 2 aromatic rings. The van der Waals surface area contributed by atoms with Crippen molar-refractivity contribution in [2.45, 2.75) is 12.8 Å². The van der Waals surface area contributed by atoms with Crippen LogP contribution in [0.2, 0.25) is 0 Å². The van der Waals surface area contributed by atoms with Crippen LogP contribution < -0.4 is 0 Å². The molecule has 126 valence electrons. The highest BCUT2D eigenvalue weighted by Crippen LogP contribution is 2.47. The van der Waals surface area contributed by atoms with E-state index in [0.29, 0.717) is 28.1 Å². The van der Waals surface area contributed by atoms with Crippen LogP contribution in [0.1, 0.15) is 34.3 Å². The van der Waals surface area contributed by atoms with Crippen molar-refractivity contribution in [3.8, 4) is 6.07 Å². The summed E-state index contributed by atoms with van der Waals surface area (Å²) in [5, 5.41) is 20.6. The fourth-order valence-corrected chi connectivity index (χ4v) is 3.68. The molecule has 2 aromatic carbocycles. The minimum Gasteiger partial charge on any atom is -0.289 e. The van der Waals surface area contributed by atoms with Crippen LogP contribution in [0.3, 0.4) is 0 Å². The summed E-state index contributed by atoms with van der Waals surface area (Å²) in [7, 11) is 0. The Kier molecular flexibility index (Phi) is 3.51. The molecule has 0 bridgehead atoms. The highest BCUT2D eigenvalue weighted by Gasteiger charge is 2.42. The molecule has 6 nitrogen and oxygen atoms in total. The van der Waals surface area contributed by atoms with Crippen molar-refractivity contribution in [1.82, 2.24) is 0 Å². The smallest absolute Gasteiger partial charge is 0.269 e. The average Bonchev–Trinajstić information content (AvgIpc) is 2.93. The van der Waals surface area contributed by atoms with Gasteiger partial charge in [0.2, 0.25) is 0 Å². The molecule has 1 aliphatic heterocycles. The predicted molar refractivity (Wildman–Crippen MR) is 95.7 cm³/mol. The first-order valence-electron chi connectivity index (χ1n) is 8.10. The predicted octanol–water partition coefficient (Wildman–Crippen LogP) is 3.90. The fourth-order valence-electron chi connectivity index (χ4n) is 3.68. The van der Waals surface area contributed by atoms with Gasteiger partial charge in [-0.25, -0.2) is 0 Å². The molecule has 1 unspecified atom stereocenters. The molecule has 0 radical (unpaired) electrons. The molecule has 2 atom stereocenters. The molecular formula is C20H13N3O3. The molecule has 0 saturated carbocycles. The fraction of sp³-hybridized carbons (Fsp3) is 0.150. The van der Waals surface area contributed by atoms with Gasteiger partial charge in [0.1, 0.15) is 0 Å². The monoisotopic (exact) mass is 343 g/mol. The Morgan fingerprint density at radius 3 is 2.38 bits per heavy atom. The molecule has 0 aromatic heterocycles. The van der Waals surface area contributed by atoms with E-state index in [4.69, 9.17) is 0 Å². The summed E-state index contributed by atoms with van der Waals surface area (Å²) in [6.07, 6.45) is 0. The number of rotatable bonds is 2. The highest BCUT2D eigenvalue weighted by molar-refractivity contribution is 6.23. The third-order valence-electron chi connectivity index (χ3n) is 4.91. The minimum atomic E-state index is -0.589. The van der Waals surface area contributed by atoms with Crippen molar-refractivity contribution in [2.75, 3.05) is 0 Å². The van der Waals surface area contributed by atoms with Crippen molar-refractivity contribution in [2.24, 2.45) is 10.9 Å². The number of nitriles is 1.